The van der Waals surface area contributed by atoms with Crippen molar-refractivity contribution in [1.82, 2.24) is 4.98 Å². The Morgan fingerprint density at radius 1 is 1.53 bits per heavy atom. The van der Waals surface area contributed by atoms with Crippen LogP contribution in [0.15, 0.2) is 23.6 Å². The van der Waals surface area contributed by atoms with Crippen molar-refractivity contribution in [2.24, 2.45) is 0 Å². The Bertz CT molecular complexity index is 653. The maximum Gasteiger partial charge on any atom is 0.337 e. The number of nitro benzene ring substituents is 1. The largest absolute Gasteiger partial charge is 0.478 e. The number of benzene rings is 1. The highest BCUT2D eigenvalue weighted by Gasteiger charge is 2.16. The number of nitrogens with zero attached hydrogens (tertiary/aromatic N) is 2. The lowest BCUT2D eigenvalue weighted by Gasteiger charge is -2.06. The molecule has 1 heterocycles. The maximum atomic E-state index is 11.1. The molecule has 8 heteroatoms. The van der Waals surface area contributed by atoms with Crippen LogP contribution in [0.25, 0.3) is 0 Å². The molecule has 0 fully saturated rings. The number of non-ortho nitro benzene ring substituents is 1. The van der Waals surface area contributed by atoms with Gasteiger partial charge in [-0.3, -0.25) is 10.1 Å². The molecule has 1 aromatic carbocycles. The number of rotatable bonds is 4. The molecule has 7 nitrogen and oxygen atoms in total. The second kappa shape index (κ2) is 5.02. The van der Waals surface area contributed by atoms with E-state index < -0.39 is 10.9 Å². The fourth-order valence-electron chi connectivity index (χ4n) is 1.46. The monoisotopic (exact) mass is 279 g/mol. The number of aromatic nitrogens is 1. The normalized spacial score (nSPS) is 10.2. The number of aryl methyl sites for hydroxylation is 1. The summed E-state index contributed by atoms with van der Waals surface area (Å²) in [6, 6.07) is 3.53. The molecule has 2 rings (SSSR count). The van der Waals surface area contributed by atoms with Gasteiger partial charge in [0.1, 0.15) is 0 Å². The molecule has 19 heavy (non-hydrogen) atoms. The van der Waals surface area contributed by atoms with E-state index in [2.05, 4.69) is 10.3 Å². The summed E-state index contributed by atoms with van der Waals surface area (Å²) >= 11 is 1.29. The summed E-state index contributed by atoms with van der Waals surface area (Å²) in [5, 5.41) is 24.8. The Kier molecular flexibility index (Phi) is 3.43. The van der Waals surface area contributed by atoms with Crippen LogP contribution in [-0.4, -0.2) is 21.0 Å². The molecule has 0 spiro atoms. The zero-order valence-electron chi connectivity index (χ0n) is 9.78. The average molecular weight is 279 g/mol. The van der Waals surface area contributed by atoms with Gasteiger partial charge in [0, 0.05) is 17.5 Å². The molecule has 98 valence electrons. The van der Waals surface area contributed by atoms with Crippen molar-refractivity contribution < 1.29 is 14.8 Å². The van der Waals surface area contributed by atoms with Gasteiger partial charge in [-0.1, -0.05) is 0 Å². The van der Waals surface area contributed by atoms with Crippen molar-refractivity contribution in [2.75, 3.05) is 5.32 Å². The Morgan fingerprint density at radius 3 is 2.79 bits per heavy atom. The van der Waals surface area contributed by atoms with Crippen LogP contribution in [0.5, 0.6) is 0 Å². The van der Waals surface area contributed by atoms with Gasteiger partial charge in [0.2, 0.25) is 0 Å². The van der Waals surface area contributed by atoms with Gasteiger partial charge in [-0.2, -0.15) is 0 Å². The number of carboxylic acids is 1. The predicted molar refractivity (Wildman–Crippen MR) is 70.2 cm³/mol. The van der Waals surface area contributed by atoms with Crippen molar-refractivity contribution in [3.63, 3.8) is 0 Å². The first-order chi connectivity index (χ1) is 8.97. The third kappa shape index (κ3) is 2.86. The number of nitro groups is 1. The standard InChI is InChI=1S/C11H9N3O4S/c1-6-5-19-11(12-6)13-9-4-7(14(17)18)2-3-8(9)10(15)16/h2-5H,1H3,(H,12,13)(H,15,16). The summed E-state index contributed by atoms with van der Waals surface area (Å²) in [5.41, 5.74) is 0.713. The summed E-state index contributed by atoms with van der Waals surface area (Å²) < 4.78 is 0. The fourth-order valence-corrected chi connectivity index (χ4v) is 2.16. The Labute approximate surface area is 111 Å². The summed E-state index contributed by atoms with van der Waals surface area (Å²) in [7, 11) is 0. The summed E-state index contributed by atoms with van der Waals surface area (Å²) in [6.45, 7) is 1.80. The summed E-state index contributed by atoms with van der Waals surface area (Å²) in [4.78, 5) is 25.3. The Hall–Kier alpha value is -2.48. The van der Waals surface area contributed by atoms with E-state index in [1.54, 1.807) is 12.3 Å². The van der Waals surface area contributed by atoms with E-state index in [1.165, 1.54) is 23.5 Å². The SMILES string of the molecule is Cc1csc(Nc2cc([N+](=O)[O-])ccc2C(=O)O)n1. The number of hydrogen-bond acceptors (Lipinski definition) is 6. The van der Waals surface area contributed by atoms with Gasteiger partial charge in [0.05, 0.1) is 21.9 Å². The van der Waals surface area contributed by atoms with E-state index >= 15 is 0 Å². The van der Waals surface area contributed by atoms with E-state index in [0.717, 1.165) is 11.8 Å². The highest BCUT2D eigenvalue weighted by atomic mass is 32.1. The second-order valence-electron chi connectivity index (χ2n) is 3.71. The van der Waals surface area contributed by atoms with Gasteiger partial charge in [0.25, 0.3) is 5.69 Å². The molecule has 1 aromatic heterocycles. The minimum atomic E-state index is -1.16. The number of anilines is 2. The minimum Gasteiger partial charge on any atom is -0.478 e. The van der Waals surface area contributed by atoms with Crippen molar-refractivity contribution >= 4 is 33.8 Å². The van der Waals surface area contributed by atoms with Crippen LogP contribution in [0, 0.1) is 17.0 Å². The lowest BCUT2D eigenvalue weighted by Crippen LogP contribution is -2.03. The van der Waals surface area contributed by atoms with Crippen LogP contribution in [0.4, 0.5) is 16.5 Å². The first-order valence-corrected chi connectivity index (χ1v) is 6.06. The van der Waals surface area contributed by atoms with E-state index in [4.69, 9.17) is 5.11 Å². The summed E-state index contributed by atoms with van der Waals surface area (Å²) in [6.07, 6.45) is 0. The van der Waals surface area contributed by atoms with Gasteiger partial charge >= 0.3 is 5.97 Å². The van der Waals surface area contributed by atoms with Crippen LogP contribution in [0.1, 0.15) is 16.1 Å². The van der Waals surface area contributed by atoms with E-state index in [-0.39, 0.29) is 16.9 Å². The molecule has 2 N–H and O–H groups in total. The quantitative estimate of drug-likeness (QED) is 0.658. The fraction of sp³-hybridized carbons (Fsp3) is 0.0909. The lowest BCUT2D eigenvalue weighted by atomic mass is 10.1. The second-order valence-corrected chi connectivity index (χ2v) is 4.57. The molecule has 0 radical (unpaired) electrons. The molecule has 0 aliphatic heterocycles. The van der Waals surface area contributed by atoms with E-state index in [1.807, 2.05) is 0 Å². The van der Waals surface area contributed by atoms with Crippen LogP contribution in [0.3, 0.4) is 0 Å². The molecule has 0 aliphatic rings. The number of hydrogen-bond donors (Lipinski definition) is 2. The molecule has 0 atom stereocenters. The van der Waals surface area contributed by atoms with E-state index in [0.29, 0.717) is 5.13 Å². The smallest absolute Gasteiger partial charge is 0.337 e. The maximum absolute atomic E-state index is 11.1. The molecule has 0 aliphatic carbocycles. The average Bonchev–Trinajstić information content (AvgIpc) is 2.74. The molecule has 0 saturated heterocycles. The predicted octanol–water partition coefficient (Wildman–Crippen LogP) is 2.80. The summed E-state index contributed by atoms with van der Waals surface area (Å²) in [5.74, 6) is -1.16. The van der Waals surface area contributed by atoms with Gasteiger partial charge in [-0.25, -0.2) is 9.78 Å². The number of thiazole rings is 1. The van der Waals surface area contributed by atoms with Gasteiger partial charge < -0.3 is 10.4 Å². The molecule has 0 saturated carbocycles. The molecule has 0 amide bonds. The van der Waals surface area contributed by atoms with Gasteiger partial charge in [-0.15, -0.1) is 11.3 Å². The van der Waals surface area contributed by atoms with Crippen LogP contribution >= 0.6 is 11.3 Å². The topological polar surface area (TPSA) is 105 Å². The number of nitrogens with one attached hydrogen (secondary N) is 1. The first kappa shape index (κ1) is 13.0. The van der Waals surface area contributed by atoms with Gasteiger partial charge in [0.15, 0.2) is 5.13 Å². The number of carboxylic acid groups (broad SMARTS) is 1. The molecular weight excluding hydrogens is 270 g/mol. The first-order valence-electron chi connectivity index (χ1n) is 5.18. The third-order valence-corrected chi connectivity index (χ3v) is 3.18. The molecule has 0 unspecified atom stereocenters. The molecule has 0 bridgehead atoms. The van der Waals surface area contributed by atoms with Gasteiger partial charge in [-0.05, 0) is 13.0 Å². The van der Waals surface area contributed by atoms with Crippen molar-refractivity contribution in [3.8, 4) is 0 Å². The number of aromatic carboxylic acids is 1. The van der Waals surface area contributed by atoms with Crippen molar-refractivity contribution in [3.05, 3.63) is 45.0 Å². The van der Waals surface area contributed by atoms with Crippen LogP contribution in [0.2, 0.25) is 0 Å². The Balaban J connectivity index is 2.42. The Morgan fingerprint density at radius 2 is 2.26 bits per heavy atom. The third-order valence-electron chi connectivity index (χ3n) is 2.30. The number of carbonyl (C=O) groups is 1. The van der Waals surface area contributed by atoms with E-state index in [9.17, 15) is 14.9 Å². The molecule has 2 aromatic rings. The minimum absolute atomic E-state index is 0.0431. The van der Waals surface area contributed by atoms with Crippen molar-refractivity contribution in [2.45, 2.75) is 6.92 Å². The van der Waals surface area contributed by atoms with Crippen LogP contribution in [-0.2, 0) is 0 Å². The zero-order valence-corrected chi connectivity index (χ0v) is 10.6. The molecular formula is C11H9N3O4S. The van der Waals surface area contributed by atoms with Crippen LogP contribution < -0.4 is 5.32 Å². The zero-order chi connectivity index (χ0) is 14.0. The highest BCUT2D eigenvalue weighted by molar-refractivity contribution is 7.13. The lowest BCUT2D eigenvalue weighted by molar-refractivity contribution is -0.384. The highest BCUT2D eigenvalue weighted by Crippen LogP contribution is 2.27. The van der Waals surface area contributed by atoms with Crippen molar-refractivity contribution in [1.29, 1.82) is 0 Å².